The molecule has 0 bridgehead atoms. The molecule has 3 rings (SSSR count). The van der Waals surface area contributed by atoms with Gasteiger partial charge in [0, 0.05) is 37.9 Å². The highest BCUT2D eigenvalue weighted by atomic mass is 15.2. The van der Waals surface area contributed by atoms with Gasteiger partial charge in [0.05, 0.1) is 0 Å². The third kappa shape index (κ3) is 4.19. The molecule has 1 heterocycles. The Bertz CT molecular complexity index is 735. The van der Waals surface area contributed by atoms with Crippen LogP contribution in [0.1, 0.15) is 35.6 Å². The monoisotopic (exact) mass is 348 g/mol. The van der Waals surface area contributed by atoms with Gasteiger partial charge in [-0.25, -0.2) is 0 Å². The Hall–Kier alpha value is -2.06. The van der Waals surface area contributed by atoms with E-state index < -0.39 is 0 Å². The van der Waals surface area contributed by atoms with Crippen LogP contribution in [0.15, 0.2) is 55.1 Å². The molecule has 0 aromatic heterocycles. The Morgan fingerprint density at radius 1 is 1.15 bits per heavy atom. The molecule has 1 aliphatic rings. The van der Waals surface area contributed by atoms with E-state index in [-0.39, 0.29) is 0 Å². The first-order valence-corrected chi connectivity index (χ1v) is 9.86. The van der Waals surface area contributed by atoms with Crippen LogP contribution < -0.4 is 4.90 Å². The zero-order chi connectivity index (χ0) is 18.5. The fourth-order valence-electron chi connectivity index (χ4n) is 4.15. The minimum absolute atomic E-state index is 0.568. The normalized spacial score (nSPS) is 16.6. The topological polar surface area (TPSA) is 6.48 Å². The van der Waals surface area contributed by atoms with Gasteiger partial charge in [0.25, 0.3) is 0 Å². The van der Waals surface area contributed by atoms with Crippen molar-refractivity contribution in [2.24, 2.45) is 0 Å². The lowest BCUT2D eigenvalue weighted by atomic mass is 9.92. The summed E-state index contributed by atoms with van der Waals surface area (Å²) in [7, 11) is 0. The van der Waals surface area contributed by atoms with Crippen molar-refractivity contribution in [2.45, 2.75) is 46.2 Å². The van der Waals surface area contributed by atoms with Crippen molar-refractivity contribution >= 4 is 5.69 Å². The molecule has 0 radical (unpaired) electrons. The van der Waals surface area contributed by atoms with E-state index in [1.54, 1.807) is 0 Å². The average molecular weight is 349 g/mol. The zero-order valence-electron chi connectivity index (χ0n) is 16.5. The van der Waals surface area contributed by atoms with Crippen molar-refractivity contribution in [3.05, 3.63) is 77.4 Å². The van der Waals surface area contributed by atoms with Gasteiger partial charge >= 0.3 is 0 Å². The number of rotatable bonds is 7. The summed E-state index contributed by atoms with van der Waals surface area (Å²) >= 11 is 0. The molecule has 0 saturated carbocycles. The van der Waals surface area contributed by atoms with E-state index in [0.717, 1.165) is 26.2 Å². The van der Waals surface area contributed by atoms with Gasteiger partial charge in [0.2, 0.25) is 0 Å². The zero-order valence-corrected chi connectivity index (χ0v) is 16.5. The van der Waals surface area contributed by atoms with Crippen LogP contribution in [0, 0.1) is 13.8 Å². The second-order valence-corrected chi connectivity index (χ2v) is 7.51. The molecule has 2 aromatic rings. The van der Waals surface area contributed by atoms with Gasteiger partial charge in [0.1, 0.15) is 0 Å². The van der Waals surface area contributed by atoms with Gasteiger partial charge in [-0.1, -0.05) is 42.5 Å². The first-order chi connectivity index (χ1) is 12.6. The molecule has 2 heteroatoms. The van der Waals surface area contributed by atoms with Crippen molar-refractivity contribution in [1.29, 1.82) is 0 Å². The van der Waals surface area contributed by atoms with Gasteiger partial charge in [-0.15, -0.1) is 6.58 Å². The van der Waals surface area contributed by atoms with Crippen LogP contribution in [-0.4, -0.2) is 30.6 Å². The van der Waals surface area contributed by atoms with E-state index in [9.17, 15) is 0 Å². The summed E-state index contributed by atoms with van der Waals surface area (Å²) in [5.74, 6) is 0. The molecule has 0 unspecified atom stereocenters. The predicted molar refractivity (Wildman–Crippen MR) is 113 cm³/mol. The maximum Gasteiger partial charge on any atom is 0.0420 e. The van der Waals surface area contributed by atoms with Gasteiger partial charge in [-0.2, -0.15) is 0 Å². The third-order valence-electron chi connectivity index (χ3n) is 5.64. The van der Waals surface area contributed by atoms with Crippen LogP contribution >= 0.6 is 0 Å². The molecule has 2 nitrogen and oxygen atoms in total. The Morgan fingerprint density at radius 3 is 2.58 bits per heavy atom. The smallest absolute Gasteiger partial charge is 0.0420 e. The van der Waals surface area contributed by atoms with Crippen molar-refractivity contribution < 1.29 is 0 Å². The van der Waals surface area contributed by atoms with Crippen LogP contribution in [0.4, 0.5) is 5.69 Å². The maximum absolute atomic E-state index is 3.98. The van der Waals surface area contributed by atoms with Gasteiger partial charge in [-0.05, 0) is 61.9 Å². The quantitative estimate of drug-likeness (QED) is 0.640. The summed E-state index contributed by atoms with van der Waals surface area (Å²) in [6.45, 7) is 14.8. The number of hydrogen-bond acceptors (Lipinski definition) is 2. The largest absolute Gasteiger partial charge is 0.367 e. The minimum Gasteiger partial charge on any atom is -0.367 e. The minimum atomic E-state index is 0.568. The summed E-state index contributed by atoms with van der Waals surface area (Å²) in [5.41, 5.74) is 7.15. The summed E-state index contributed by atoms with van der Waals surface area (Å²) in [5, 5.41) is 0. The number of benzene rings is 2. The SMILES string of the molecule is C=CCN(Cc1ccccc1)C[C@H]1CCc2cc(C)c(C)cc2N1CC. The molecule has 0 spiro atoms. The number of likely N-dealkylation sites (N-methyl/N-ethyl adjacent to an activating group) is 1. The number of fused-ring (bicyclic) bond motifs is 1. The number of aryl methyl sites for hydroxylation is 3. The molecule has 2 aromatic carbocycles. The highest BCUT2D eigenvalue weighted by Gasteiger charge is 2.27. The number of nitrogens with zero attached hydrogens (tertiary/aromatic N) is 2. The number of hydrogen-bond donors (Lipinski definition) is 0. The summed E-state index contributed by atoms with van der Waals surface area (Å²) in [6.07, 6.45) is 4.44. The lowest BCUT2D eigenvalue weighted by Crippen LogP contribution is -2.46. The number of anilines is 1. The molecule has 1 aliphatic heterocycles. The van der Waals surface area contributed by atoms with Crippen molar-refractivity contribution in [1.82, 2.24) is 4.90 Å². The van der Waals surface area contributed by atoms with Crippen molar-refractivity contribution in [3.63, 3.8) is 0 Å². The molecular weight excluding hydrogens is 316 g/mol. The molecule has 0 amide bonds. The first-order valence-electron chi connectivity index (χ1n) is 9.86. The first kappa shape index (κ1) is 18.7. The molecule has 0 N–H and O–H groups in total. The van der Waals surface area contributed by atoms with Gasteiger partial charge < -0.3 is 4.90 Å². The van der Waals surface area contributed by atoms with Crippen LogP contribution in [0.25, 0.3) is 0 Å². The average Bonchev–Trinajstić information content (AvgIpc) is 2.64. The second kappa shape index (κ2) is 8.55. The van der Waals surface area contributed by atoms with E-state index in [0.29, 0.717) is 6.04 Å². The van der Waals surface area contributed by atoms with Crippen LogP contribution in [-0.2, 0) is 13.0 Å². The summed E-state index contributed by atoms with van der Waals surface area (Å²) < 4.78 is 0. The van der Waals surface area contributed by atoms with Crippen LogP contribution in [0.2, 0.25) is 0 Å². The highest BCUT2D eigenvalue weighted by molar-refractivity contribution is 5.60. The molecule has 0 aliphatic carbocycles. The predicted octanol–water partition coefficient (Wildman–Crippen LogP) is 5.13. The Morgan fingerprint density at radius 2 is 1.88 bits per heavy atom. The fraction of sp³-hybridized carbons (Fsp3) is 0.417. The van der Waals surface area contributed by atoms with E-state index in [1.165, 1.54) is 40.8 Å². The standard InChI is InChI=1S/C24H32N2/c1-5-14-25(17-21-10-8-7-9-11-21)18-23-13-12-22-15-19(3)20(4)16-24(22)26(23)6-2/h5,7-11,15-16,23H,1,6,12-14,17-18H2,2-4H3/t23-/m1/s1. The molecule has 26 heavy (non-hydrogen) atoms. The lowest BCUT2D eigenvalue weighted by molar-refractivity contribution is 0.262. The molecule has 0 fully saturated rings. The molecule has 1 atom stereocenters. The van der Waals surface area contributed by atoms with E-state index in [4.69, 9.17) is 0 Å². The summed E-state index contributed by atoms with van der Waals surface area (Å²) in [6, 6.07) is 16.1. The molecular formula is C24H32N2. The second-order valence-electron chi connectivity index (χ2n) is 7.51. The third-order valence-corrected chi connectivity index (χ3v) is 5.64. The Labute approximate surface area is 159 Å². The van der Waals surface area contributed by atoms with Crippen LogP contribution in [0.5, 0.6) is 0 Å². The van der Waals surface area contributed by atoms with Gasteiger partial charge in [0.15, 0.2) is 0 Å². The van der Waals surface area contributed by atoms with E-state index in [1.807, 2.05) is 6.08 Å². The van der Waals surface area contributed by atoms with E-state index in [2.05, 4.69) is 79.6 Å². The summed E-state index contributed by atoms with van der Waals surface area (Å²) in [4.78, 5) is 5.15. The maximum atomic E-state index is 3.98. The van der Waals surface area contributed by atoms with Crippen LogP contribution in [0.3, 0.4) is 0 Å². The Kier molecular flexibility index (Phi) is 6.16. The lowest BCUT2D eigenvalue weighted by Gasteiger charge is -2.41. The molecule has 0 saturated heterocycles. The van der Waals surface area contributed by atoms with Gasteiger partial charge in [-0.3, -0.25) is 4.90 Å². The van der Waals surface area contributed by atoms with Crippen molar-refractivity contribution in [2.75, 3.05) is 24.5 Å². The fourth-order valence-corrected chi connectivity index (χ4v) is 4.15. The molecule has 138 valence electrons. The van der Waals surface area contributed by atoms with Crippen molar-refractivity contribution in [3.8, 4) is 0 Å². The Balaban J connectivity index is 1.78. The highest BCUT2D eigenvalue weighted by Crippen LogP contribution is 2.33. The van der Waals surface area contributed by atoms with E-state index >= 15 is 0 Å².